The largest absolute Gasteiger partial charge is 0.497 e. The van der Waals surface area contributed by atoms with Crippen LogP contribution in [0.4, 0.5) is 5.69 Å². The van der Waals surface area contributed by atoms with Gasteiger partial charge in [0.1, 0.15) is 5.75 Å². The van der Waals surface area contributed by atoms with Crippen molar-refractivity contribution in [1.82, 2.24) is 9.62 Å². The van der Waals surface area contributed by atoms with Crippen molar-refractivity contribution < 1.29 is 17.9 Å². The molecule has 0 aliphatic carbocycles. The van der Waals surface area contributed by atoms with Gasteiger partial charge in [-0.2, -0.15) is 4.31 Å². The first-order valence-electron chi connectivity index (χ1n) is 10.2. The first-order valence-corrected chi connectivity index (χ1v) is 11.6. The van der Waals surface area contributed by atoms with Crippen LogP contribution in [0.1, 0.15) is 31.7 Å². The van der Waals surface area contributed by atoms with Gasteiger partial charge in [0.05, 0.1) is 18.0 Å². The molecular formula is C22H29N3O4S. The minimum atomic E-state index is -3.47. The van der Waals surface area contributed by atoms with Gasteiger partial charge in [-0.15, -0.1) is 0 Å². The lowest BCUT2D eigenvalue weighted by atomic mass is 10.2. The van der Waals surface area contributed by atoms with Crippen LogP contribution < -0.4 is 15.4 Å². The first kappa shape index (κ1) is 22.3. The molecular weight excluding hydrogens is 402 g/mol. The van der Waals surface area contributed by atoms with E-state index in [0.29, 0.717) is 25.3 Å². The molecule has 2 aromatic carbocycles. The summed E-state index contributed by atoms with van der Waals surface area (Å²) < 4.78 is 32.1. The van der Waals surface area contributed by atoms with Crippen LogP contribution in [0, 0.1) is 0 Å². The average molecular weight is 432 g/mol. The van der Waals surface area contributed by atoms with Gasteiger partial charge in [-0.25, -0.2) is 8.42 Å². The maximum Gasteiger partial charge on any atom is 0.243 e. The van der Waals surface area contributed by atoms with Crippen molar-refractivity contribution in [2.75, 3.05) is 25.5 Å². The van der Waals surface area contributed by atoms with Gasteiger partial charge in [-0.05, 0) is 61.7 Å². The fourth-order valence-corrected chi connectivity index (χ4v) is 4.84. The number of benzene rings is 2. The summed E-state index contributed by atoms with van der Waals surface area (Å²) in [6.07, 6.45) is 2.87. The molecule has 7 nitrogen and oxygen atoms in total. The molecule has 2 aromatic rings. The van der Waals surface area contributed by atoms with Crippen molar-refractivity contribution in [3.05, 3.63) is 54.1 Å². The number of ether oxygens (including phenoxy) is 1. The summed E-state index contributed by atoms with van der Waals surface area (Å²) in [7, 11) is -1.85. The summed E-state index contributed by atoms with van der Waals surface area (Å²) in [6, 6.07) is 13.6. The van der Waals surface area contributed by atoms with Crippen LogP contribution in [0.15, 0.2) is 53.4 Å². The molecule has 3 rings (SSSR count). The highest BCUT2D eigenvalue weighted by atomic mass is 32.2. The Hall–Kier alpha value is -2.42. The van der Waals surface area contributed by atoms with Gasteiger partial charge >= 0.3 is 0 Å². The summed E-state index contributed by atoms with van der Waals surface area (Å²) in [4.78, 5) is 12.7. The smallest absolute Gasteiger partial charge is 0.243 e. The number of hydrogen-bond acceptors (Lipinski definition) is 5. The van der Waals surface area contributed by atoms with E-state index in [9.17, 15) is 13.2 Å². The predicted molar refractivity (Wildman–Crippen MR) is 117 cm³/mol. The maximum atomic E-state index is 12.7. The summed E-state index contributed by atoms with van der Waals surface area (Å²) in [5.41, 5.74) is 1.61. The van der Waals surface area contributed by atoms with Crippen LogP contribution in [-0.4, -0.2) is 44.9 Å². The molecule has 0 unspecified atom stereocenters. The number of carbonyl (C=O) groups excluding carboxylic acids is 1. The van der Waals surface area contributed by atoms with E-state index in [-0.39, 0.29) is 10.8 Å². The van der Waals surface area contributed by atoms with Gasteiger partial charge < -0.3 is 15.4 Å². The lowest BCUT2D eigenvalue weighted by Crippen LogP contribution is -2.37. The fraction of sp³-hybridized carbons (Fsp3) is 0.409. The zero-order valence-corrected chi connectivity index (χ0v) is 18.2. The van der Waals surface area contributed by atoms with Gasteiger partial charge in [-0.3, -0.25) is 4.79 Å². The number of methoxy groups -OCH3 is 1. The van der Waals surface area contributed by atoms with Crippen LogP contribution in [0.2, 0.25) is 0 Å². The van der Waals surface area contributed by atoms with Gasteiger partial charge in [0.2, 0.25) is 15.9 Å². The second-order valence-corrected chi connectivity index (χ2v) is 9.37. The summed E-state index contributed by atoms with van der Waals surface area (Å²) in [5, 5.41) is 6.00. The number of nitrogens with one attached hydrogen (secondary N) is 2. The minimum Gasteiger partial charge on any atom is -0.497 e. The quantitative estimate of drug-likeness (QED) is 0.671. The highest BCUT2D eigenvalue weighted by molar-refractivity contribution is 7.89. The number of amides is 1. The Morgan fingerprint density at radius 1 is 1.03 bits per heavy atom. The molecule has 1 amide bonds. The van der Waals surface area contributed by atoms with Crippen molar-refractivity contribution in [3.63, 3.8) is 0 Å². The lowest BCUT2D eigenvalue weighted by molar-refractivity contribution is -0.117. The third-order valence-electron chi connectivity index (χ3n) is 5.24. The van der Waals surface area contributed by atoms with E-state index >= 15 is 0 Å². The van der Waals surface area contributed by atoms with E-state index in [2.05, 4.69) is 10.6 Å². The van der Waals surface area contributed by atoms with E-state index < -0.39 is 16.1 Å². The number of anilines is 1. The number of hydrogen-bond donors (Lipinski definition) is 2. The third kappa shape index (κ3) is 5.59. The highest BCUT2D eigenvalue weighted by Crippen LogP contribution is 2.22. The van der Waals surface area contributed by atoms with Crippen LogP contribution in [0.25, 0.3) is 0 Å². The number of carbonyl (C=O) groups is 1. The van der Waals surface area contributed by atoms with Crippen molar-refractivity contribution in [2.45, 2.75) is 43.7 Å². The molecule has 162 valence electrons. The third-order valence-corrected chi connectivity index (χ3v) is 7.15. The molecule has 1 fully saturated rings. The Kier molecular flexibility index (Phi) is 7.47. The molecule has 1 atom stereocenters. The topological polar surface area (TPSA) is 87.7 Å². The Bertz CT molecular complexity index is 937. The number of rotatable bonds is 8. The second-order valence-electron chi connectivity index (χ2n) is 7.43. The minimum absolute atomic E-state index is 0.185. The molecule has 0 bridgehead atoms. The van der Waals surface area contributed by atoms with E-state index in [0.717, 1.165) is 30.6 Å². The Balaban J connectivity index is 1.54. The Morgan fingerprint density at radius 3 is 2.27 bits per heavy atom. The molecule has 8 heteroatoms. The number of piperidine rings is 1. The zero-order chi connectivity index (χ0) is 21.6. The maximum absolute atomic E-state index is 12.7. The van der Waals surface area contributed by atoms with Crippen molar-refractivity contribution >= 4 is 21.6 Å². The van der Waals surface area contributed by atoms with E-state index in [4.69, 9.17) is 4.74 Å². The lowest BCUT2D eigenvalue weighted by Gasteiger charge is -2.25. The fourth-order valence-electron chi connectivity index (χ4n) is 3.32. The van der Waals surface area contributed by atoms with Gasteiger partial charge in [-0.1, -0.05) is 18.6 Å². The molecule has 0 spiro atoms. The standard InChI is InChI=1S/C22H29N3O4S/c1-17(23-16-18-6-10-20(29-2)11-7-18)22(26)24-19-8-12-21(13-9-19)30(27,28)25-14-4-3-5-15-25/h6-13,17,23H,3-5,14-16H2,1-2H3,(H,24,26)/t17-/m1/s1. The first-order chi connectivity index (χ1) is 14.4. The summed E-state index contributed by atoms with van der Waals surface area (Å²) >= 11 is 0. The van der Waals surface area contributed by atoms with Crippen LogP contribution >= 0.6 is 0 Å². The van der Waals surface area contributed by atoms with Gasteiger partial charge in [0.25, 0.3) is 0 Å². The molecule has 30 heavy (non-hydrogen) atoms. The van der Waals surface area contributed by atoms with Crippen LogP contribution in [0.5, 0.6) is 5.75 Å². The molecule has 1 heterocycles. The molecule has 1 saturated heterocycles. The molecule has 2 N–H and O–H groups in total. The van der Waals surface area contributed by atoms with E-state index in [1.54, 1.807) is 38.3 Å². The zero-order valence-electron chi connectivity index (χ0n) is 17.4. The van der Waals surface area contributed by atoms with Crippen molar-refractivity contribution in [1.29, 1.82) is 0 Å². The normalized spacial score (nSPS) is 16.1. The van der Waals surface area contributed by atoms with E-state index in [1.165, 1.54) is 4.31 Å². The molecule has 1 aliphatic heterocycles. The monoisotopic (exact) mass is 431 g/mol. The Morgan fingerprint density at radius 2 is 1.67 bits per heavy atom. The Labute approximate surface area is 178 Å². The summed E-state index contributed by atoms with van der Waals surface area (Å²) in [5.74, 6) is 0.602. The SMILES string of the molecule is COc1ccc(CN[C@H](C)C(=O)Nc2ccc(S(=O)(=O)N3CCCCC3)cc2)cc1. The van der Waals surface area contributed by atoms with Gasteiger partial charge in [0.15, 0.2) is 0 Å². The van der Waals surface area contributed by atoms with Crippen molar-refractivity contribution in [2.24, 2.45) is 0 Å². The number of nitrogens with zero attached hydrogens (tertiary/aromatic N) is 1. The van der Waals surface area contributed by atoms with Crippen molar-refractivity contribution in [3.8, 4) is 5.75 Å². The predicted octanol–water partition coefficient (Wildman–Crippen LogP) is 2.99. The van der Waals surface area contributed by atoms with Crippen LogP contribution in [-0.2, 0) is 21.4 Å². The van der Waals surface area contributed by atoms with Crippen LogP contribution in [0.3, 0.4) is 0 Å². The van der Waals surface area contributed by atoms with Gasteiger partial charge in [0, 0.05) is 25.3 Å². The number of sulfonamides is 1. The van der Waals surface area contributed by atoms with E-state index in [1.807, 2.05) is 24.3 Å². The molecule has 0 saturated carbocycles. The molecule has 1 aliphatic rings. The highest BCUT2D eigenvalue weighted by Gasteiger charge is 2.25. The second kappa shape index (κ2) is 10.1. The molecule has 0 radical (unpaired) electrons. The average Bonchev–Trinajstić information content (AvgIpc) is 2.78. The molecule has 0 aromatic heterocycles. The summed E-state index contributed by atoms with van der Waals surface area (Å²) in [6.45, 7) is 3.47.